The molecular weight excluding hydrogens is 734 g/mol. The Hall–Kier alpha value is -1.21. The number of aliphatic hydroxyl groups excluding tert-OH is 11. The molecule has 0 bridgehead atoms. The number of carbonyl (C=O) groups is 1. The van der Waals surface area contributed by atoms with Gasteiger partial charge in [0.1, 0.15) is 73.2 Å². The molecule has 0 radical (unpaired) electrons. The van der Waals surface area contributed by atoms with Crippen LogP contribution < -0.4 is 5.32 Å². The van der Waals surface area contributed by atoms with Gasteiger partial charge < -0.3 is 89.9 Å². The number of unbranched alkanes of at least 4 members (excludes halogenated alkanes) is 8. The highest BCUT2D eigenvalue weighted by atomic mass is 16.8. The van der Waals surface area contributed by atoms with E-state index in [1.807, 2.05) is 0 Å². The van der Waals surface area contributed by atoms with Gasteiger partial charge in [-0.2, -0.15) is 0 Å². The highest BCUT2D eigenvalue weighted by molar-refractivity contribution is 5.76. The fraction of sp³-hybridized carbons (Fsp3) is 0.972. The largest absolute Gasteiger partial charge is 0.394 e. The first kappa shape index (κ1) is 48.2. The van der Waals surface area contributed by atoms with Crippen LogP contribution in [0.1, 0.15) is 90.9 Å². The Balaban J connectivity index is 1.63. The van der Waals surface area contributed by atoms with E-state index in [-0.39, 0.29) is 18.9 Å². The van der Waals surface area contributed by atoms with Gasteiger partial charge in [0.2, 0.25) is 5.91 Å². The van der Waals surface area contributed by atoms with E-state index < -0.39 is 124 Å². The highest BCUT2D eigenvalue weighted by Gasteiger charge is 2.53. The first-order valence-corrected chi connectivity index (χ1v) is 19.8. The average Bonchev–Trinajstić information content (AvgIpc) is 3.18. The van der Waals surface area contributed by atoms with E-state index in [0.29, 0.717) is 19.3 Å². The van der Waals surface area contributed by atoms with E-state index in [9.17, 15) is 61.0 Å². The van der Waals surface area contributed by atoms with E-state index >= 15 is 0 Å². The Kier molecular flexibility index (Phi) is 21.6. The third kappa shape index (κ3) is 13.7. The Labute approximate surface area is 322 Å². The molecule has 0 aromatic rings. The van der Waals surface area contributed by atoms with Crippen molar-refractivity contribution in [1.29, 1.82) is 0 Å². The number of amides is 1. The summed E-state index contributed by atoms with van der Waals surface area (Å²) in [6.45, 7) is 1.49. The zero-order chi connectivity index (χ0) is 40.7. The fourth-order valence-corrected chi connectivity index (χ4v) is 6.95. The van der Waals surface area contributed by atoms with Gasteiger partial charge in [-0.05, 0) is 12.8 Å². The summed E-state index contributed by atoms with van der Waals surface area (Å²) in [7, 11) is 0. The highest BCUT2D eigenvalue weighted by Crippen LogP contribution is 2.32. The second-order valence-corrected chi connectivity index (χ2v) is 14.8. The minimum Gasteiger partial charge on any atom is -0.394 e. The van der Waals surface area contributed by atoms with Crippen molar-refractivity contribution < 1.29 is 89.4 Å². The molecule has 3 rings (SSSR count). The van der Waals surface area contributed by atoms with Gasteiger partial charge >= 0.3 is 0 Å². The first-order chi connectivity index (χ1) is 26.3. The summed E-state index contributed by atoms with van der Waals surface area (Å²) in [6, 6.07) is -0.871. The molecule has 0 aliphatic carbocycles. The minimum absolute atomic E-state index is 0.263. The Bertz CT molecular complexity index is 1060. The Morgan fingerprint density at radius 1 is 0.582 bits per heavy atom. The number of aliphatic hydroxyl groups is 11. The summed E-state index contributed by atoms with van der Waals surface area (Å²) in [4.78, 5) is 12.8. The van der Waals surface area contributed by atoms with Crippen LogP contribution in [0.4, 0.5) is 0 Å². The fourth-order valence-electron chi connectivity index (χ4n) is 6.95. The molecule has 12 N–H and O–H groups in total. The second kappa shape index (κ2) is 24.7. The van der Waals surface area contributed by atoms with Crippen LogP contribution in [0, 0.1) is 0 Å². The van der Waals surface area contributed by atoms with Crippen LogP contribution in [0.2, 0.25) is 0 Å². The molecule has 55 heavy (non-hydrogen) atoms. The Morgan fingerprint density at radius 2 is 1.04 bits per heavy atom. The van der Waals surface area contributed by atoms with Gasteiger partial charge in [-0.25, -0.2) is 0 Å². The second-order valence-electron chi connectivity index (χ2n) is 14.8. The number of carbonyl (C=O) groups excluding carboxylic acids is 1. The maximum Gasteiger partial charge on any atom is 0.220 e. The van der Waals surface area contributed by atoms with Gasteiger partial charge in [0.15, 0.2) is 18.9 Å². The van der Waals surface area contributed by atoms with Crippen molar-refractivity contribution in [3.05, 3.63) is 0 Å². The van der Waals surface area contributed by atoms with Crippen molar-refractivity contribution in [1.82, 2.24) is 5.32 Å². The van der Waals surface area contributed by atoms with E-state index in [4.69, 9.17) is 28.4 Å². The SMILES string of the molecule is CCCCCCCCC(=O)NC(COC1OC(CO)C(OC2OC(CO)C(OC3OC(CO)C(O)C(O)C3O)C(O)C2O)C(O)C1O)C(O)CCCCCC. The standard InChI is InChI=1S/C36H67NO18/c1-3-5-7-9-10-12-14-24(42)37-19(20(41)13-11-8-6-4-2)18-50-34-30(48)27(45)32(22(16-39)52-34)55-36-31(49)28(46)33(23(17-40)53-36)54-35-29(47)26(44)25(43)21(15-38)51-35/h19-23,25-36,38-41,43-49H,3-18H2,1-2H3,(H,37,42). The van der Waals surface area contributed by atoms with Crippen LogP contribution in [-0.4, -0.2) is 193 Å². The van der Waals surface area contributed by atoms with Crippen molar-refractivity contribution in [3.8, 4) is 0 Å². The number of nitrogens with one attached hydrogen (secondary N) is 1. The number of hydrogen-bond donors (Lipinski definition) is 12. The summed E-state index contributed by atoms with van der Waals surface area (Å²) in [6.07, 6.45) is -16.2. The van der Waals surface area contributed by atoms with Crippen molar-refractivity contribution in [3.63, 3.8) is 0 Å². The van der Waals surface area contributed by atoms with Crippen LogP contribution in [-0.2, 0) is 33.2 Å². The van der Waals surface area contributed by atoms with Crippen LogP contribution in [0.3, 0.4) is 0 Å². The monoisotopic (exact) mass is 801 g/mol. The smallest absolute Gasteiger partial charge is 0.220 e. The normalized spacial score (nSPS) is 38.1. The number of hydrogen-bond acceptors (Lipinski definition) is 18. The molecule has 0 spiro atoms. The van der Waals surface area contributed by atoms with Crippen molar-refractivity contribution in [2.75, 3.05) is 26.4 Å². The average molecular weight is 802 g/mol. The van der Waals surface area contributed by atoms with Crippen LogP contribution in [0.5, 0.6) is 0 Å². The molecule has 0 saturated carbocycles. The van der Waals surface area contributed by atoms with E-state index in [2.05, 4.69) is 19.2 Å². The van der Waals surface area contributed by atoms with Crippen LogP contribution in [0.15, 0.2) is 0 Å². The molecule has 3 saturated heterocycles. The predicted octanol–water partition coefficient (Wildman–Crippen LogP) is -2.98. The molecule has 17 atom stereocenters. The van der Waals surface area contributed by atoms with E-state index in [0.717, 1.165) is 51.4 Å². The van der Waals surface area contributed by atoms with Gasteiger partial charge in [0, 0.05) is 6.42 Å². The quantitative estimate of drug-likeness (QED) is 0.0434. The molecule has 3 aliphatic rings. The maximum absolute atomic E-state index is 12.8. The van der Waals surface area contributed by atoms with Crippen molar-refractivity contribution in [2.45, 2.75) is 195 Å². The van der Waals surface area contributed by atoms with Crippen molar-refractivity contribution in [2.24, 2.45) is 0 Å². The molecule has 19 heteroatoms. The lowest BCUT2D eigenvalue weighted by molar-refractivity contribution is -0.379. The molecular formula is C36H67NO18. The van der Waals surface area contributed by atoms with Gasteiger partial charge in [-0.15, -0.1) is 0 Å². The molecule has 3 fully saturated rings. The van der Waals surface area contributed by atoms with Crippen molar-refractivity contribution >= 4 is 5.91 Å². The molecule has 19 nitrogen and oxygen atoms in total. The van der Waals surface area contributed by atoms with Gasteiger partial charge in [0.05, 0.1) is 38.6 Å². The predicted molar refractivity (Wildman–Crippen MR) is 190 cm³/mol. The van der Waals surface area contributed by atoms with Gasteiger partial charge in [0.25, 0.3) is 0 Å². The first-order valence-electron chi connectivity index (χ1n) is 19.8. The minimum atomic E-state index is -1.96. The van der Waals surface area contributed by atoms with Gasteiger partial charge in [-0.1, -0.05) is 71.6 Å². The lowest BCUT2D eigenvalue weighted by Gasteiger charge is -2.48. The lowest BCUT2D eigenvalue weighted by atomic mass is 9.96. The number of ether oxygens (including phenoxy) is 6. The summed E-state index contributed by atoms with van der Waals surface area (Å²) < 4.78 is 33.7. The molecule has 3 heterocycles. The molecule has 324 valence electrons. The van der Waals surface area contributed by atoms with Gasteiger partial charge in [-0.3, -0.25) is 4.79 Å². The topological polar surface area (TPSA) is 307 Å². The molecule has 1 amide bonds. The van der Waals surface area contributed by atoms with E-state index in [1.54, 1.807) is 0 Å². The zero-order valence-corrected chi connectivity index (χ0v) is 31.9. The third-order valence-corrected chi connectivity index (χ3v) is 10.4. The third-order valence-electron chi connectivity index (χ3n) is 10.4. The number of rotatable bonds is 24. The van der Waals surface area contributed by atoms with Crippen LogP contribution >= 0.6 is 0 Å². The summed E-state index contributed by atoms with van der Waals surface area (Å²) in [5.41, 5.74) is 0. The molecule has 0 aromatic heterocycles. The Morgan fingerprint density at radius 3 is 1.58 bits per heavy atom. The molecule has 17 unspecified atom stereocenters. The summed E-state index contributed by atoms with van der Waals surface area (Å²) >= 11 is 0. The summed E-state index contributed by atoms with van der Waals surface area (Å²) in [5, 5.41) is 118. The maximum atomic E-state index is 12.8. The molecule has 0 aromatic carbocycles. The molecule has 3 aliphatic heterocycles. The van der Waals surface area contributed by atoms with E-state index in [1.165, 1.54) is 0 Å². The lowest BCUT2D eigenvalue weighted by Crippen LogP contribution is -2.66. The summed E-state index contributed by atoms with van der Waals surface area (Å²) in [5.74, 6) is -0.265. The van der Waals surface area contributed by atoms with Crippen LogP contribution in [0.25, 0.3) is 0 Å². The zero-order valence-electron chi connectivity index (χ0n) is 31.9.